The highest BCUT2D eigenvalue weighted by Gasteiger charge is 2.20. The van der Waals surface area contributed by atoms with Crippen LogP contribution in [0.15, 0.2) is 18.2 Å². The van der Waals surface area contributed by atoms with Gasteiger partial charge in [-0.25, -0.2) is 4.39 Å². The summed E-state index contributed by atoms with van der Waals surface area (Å²) in [6.45, 7) is 5.20. The molecule has 1 aliphatic rings. The summed E-state index contributed by atoms with van der Waals surface area (Å²) in [5.74, 6) is 0.491. The molecule has 1 fully saturated rings. The van der Waals surface area contributed by atoms with Crippen LogP contribution >= 0.6 is 0 Å². The summed E-state index contributed by atoms with van der Waals surface area (Å²) in [6.07, 6.45) is 3.58. The van der Waals surface area contributed by atoms with Crippen molar-refractivity contribution in [3.8, 4) is 0 Å². The van der Waals surface area contributed by atoms with Crippen LogP contribution in [-0.4, -0.2) is 6.04 Å². The van der Waals surface area contributed by atoms with Crippen molar-refractivity contribution in [2.24, 2.45) is 5.92 Å². The molecule has 0 bridgehead atoms. The normalized spacial score (nSPS) is 15.8. The van der Waals surface area contributed by atoms with Gasteiger partial charge in [-0.1, -0.05) is 19.9 Å². The fraction of sp³-hybridized carbons (Fsp3) is 0.571. The molecule has 2 heteroatoms. The predicted molar refractivity (Wildman–Crippen MR) is 64.8 cm³/mol. The van der Waals surface area contributed by atoms with Gasteiger partial charge >= 0.3 is 0 Å². The highest BCUT2D eigenvalue weighted by Crippen LogP contribution is 2.21. The van der Waals surface area contributed by atoms with E-state index < -0.39 is 0 Å². The number of hydrogen-bond donors (Lipinski definition) is 1. The van der Waals surface area contributed by atoms with Gasteiger partial charge in [0.15, 0.2) is 0 Å². The van der Waals surface area contributed by atoms with Gasteiger partial charge in [0, 0.05) is 12.6 Å². The lowest BCUT2D eigenvalue weighted by Gasteiger charge is -2.12. The molecule has 1 N–H and O–H groups in total. The van der Waals surface area contributed by atoms with E-state index in [1.54, 1.807) is 12.1 Å². The van der Waals surface area contributed by atoms with E-state index in [0.29, 0.717) is 12.0 Å². The number of rotatable bonds is 5. The summed E-state index contributed by atoms with van der Waals surface area (Å²) in [5.41, 5.74) is 2.41. The molecule has 0 amide bonds. The standard InChI is InChI=1S/C14H20FN/c1-10(2)7-11-3-4-13(15)8-12(11)9-16-14-5-6-14/h3-4,8,10,14,16H,5-7,9H2,1-2H3. The average Bonchev–Trinajstić information content (AvgIpc) is 3.01. The second kappa shape index (κ2) is 4.96. The van der Waals surface area contributed by atoms with Crippen LogP contribution in [0.3, 0.4) is 0 Å². The van der Waals surface area contributed by atoms with Gasteiger partial charge in [-0.2, -0.15) is 0 Å². The lowest BCUT2D eigenvalue weighted by atomic mass is 9.98. The van der Waals surface area contributed by atoms with Gasteiger partial charge in [-0.05, 0) is 48.4 Å². The fourth-order valence-electron chi connectivity index (χ4n) is 1.94. The molecule has 1 aromatic rings. The molecule has 1 aliphatic carbocycles. The zero-order valence-corrected chi connectivity index (χ0v) is 10.1. The van der Waals surface area contributed by atoms with Crippen molar-refractivity contribution in [2.45, 2.75) is 45.7 Å². The van der Waals surface area contributed by atoms with Gasteiger partial charge < -0.3 is 5.32 Å². The van der Waals surface area contributed by atoms with E-state index in [1.165, 1.54) is 18.4 Å². The van der Waals surface area contributed by atoms with Gasteiger partial charge in [-0.15, -0.1) is 0 Å². The van der Waals surface area contributed by atoms with Gasteiger partial charge in [0.05, 0.1) is 0 Å². The maximum Gasteiger partial charge on any atom is 0.123 e. The first kappa shape index (κ1) is 11.6. The SMILES string of the molecule is CC(C)Cc1ccc(F)cc1CNC1CC1. The zero-order valence-electron chi connectivity index (χ0n) is 10.1. The van der Waals surface area contributed by atoms with Crippen LogP contribution < -0.4 is 5.32 Å². The molecule has 0 aromatic heterocycles. The molecule has 2 rings (SSSR count). The largest absolute Gasteiger partial charge is 0.310 e. The molecule has 0 saturated heterocycles. The summed E-state index contributed by atoms with van der Waals surface area (Å²) in [4.78, 5) is 0. The molecule has 16 heavy (non-hydrogen) atoms. The molecule has 88 valence electrons. The Bertz CT molecular complexity index is 356. The third-order valence-electron chi connectivity index (χ3n) is 2.96. The van der Waals surface area contributed by atoms with Crippen LogP contribution in [0.4, 0.5) is 4.39 Å². The van der Waals surface area contributed by atoms with Crippen molar-refractivity contribution in [1.82, 2.24) is 5.32 Å². The fourth-order valence-corrected chi connectivity index (χ4v) is 1.94. The first-order chi connectivity index (χ1) is 7.65. The van der Waals surface area contributed by atoms with Gasteiger partial charge in [-0.3, -0.25) is 0 Å². The maximum absolute atomic E-state index is 13.2. The van der Waals surface area contributed by atoms with Gasteiger partial charge in [0.1, 0.15) is 5.82 Å². The highest BCUT2D eigenvalue weighted by molar-refractivity contribution is 5.28. The maximum atomic E-state index is 13.2. The van der Waals surface area contributed by atoms with Crippen LogP contribution in [0.1, 0.15) is 37.8 Å². The van der Waals surface area contributed by atoms with Crippen LogP contribution in [0, 0.1) is 11.7 Å². The van der Waals surface area contributed by atoms with Gasteiger partial charge in [0.25, 0.3) is 0 Å². The summed E-state index contributed by atoms with van der Waals surface area (Å²) >= 11 is 0. The Labute approximate surface area is 97.1 Å². The molecule has 0 unspecified atom stereocenters. The Hall–Kier alpha value is -0.890. The second-order valence-electron chi connectivity index (χ2n) is 5.17. The molecule has 1 nitrogen and oxygen atoms in total. The lowest BCUT2D eigenvalue weighted by Crippen LogP contribution is -2.17. The molecule has 0 aliphatic heterocycles. The van der Waals surface area contributed by atoms with E-state index in [2.05, 4.69) is 19.2 Å². The Morgan fingerprint density at radius 1 is 1.31 bits per heavy atom. The minimum atomic E-state index is -0.125. The van der Waals surface area contributed by atoms with E-state index in [9.17, 15) is 4.39 Å². The van der Waals surface area contributed by atoms with E-state index in [0.717, 1.165) is 18.5 Å². The zero-order chi connectivity index (χ0) is 11.5. The predicted octanol–water partition coefficient (Wildman–Crippen LogP) is 3.28. The van der Waals surface area contributed by atoms with Crippen molar-refractivity contribution < 1.29 is 4.39 Å². The van der Waals surface area contributed by atoms with E-state index in [1.807, 2.05) is 6.07 Å². The number of hydrogen-bond acceptors (Lipinski definition) is 1. The van der Waals surface area contributed by atoms with Crippen LogP contribution in [-0.2, 0) is 13.0 Å². The molecule has 1 aromatic carbocycles. The molecule has 0 heterocycles. The molecular weight excluding hydrogens is 201 g/mol. The molecule has 1 saturated carbocycles. The Morgan fingerprint density at radius 2 is 2.06 bits per heavy atom. The Balaban J connectivity index is 2.07. The molecular formula is C14H20FN. The third kappa shape index (κ3) is 3.31. The summed E-state index contributed by atoms with van der Waals surface area (Å²) in [5, 5.41) is 3.45. The first-order valence-electron chi connectivity index (χ1n) is 6.16. The quantitative estimate of drug-likeness (QED) is 0.804. The molecule has 0 atom stereocenters. The number of halogens is 1. The van der Waals surface area contributed by atoms with Crippen molar-refractivity contribution in [3.05, 3.63) is 35.1 Å². The van der Waals surface area contributed by atoms with Crippen molar-refractivity contribution in [2.75, 3.05) is 0 Å². The third-order valence-corrected chi connectivity index (χ3v) is 2.96. The summed E-state index contributed by atoms with van der Waals surface area (Å²) in [7, 11) is 0. The monoisotopic (exact) mass is 221 g/mol. The Kier molecular flexibility index (Phi) is 3.59. The first-order valence-corrected chi connectivity index (χ1v) is 6.16. The topological polar surface area (TPSA) is 12.0 Å². The minimum absolute atomic E-state index is 0.125. The number of benzene rings is 1. The van der Waals surface area contributed by atoms with Crippen LogP contribution in [0.2, 0.25) is 0 Å². The van der Waals surface area contributed by atoms with E-state index in [4.69, 9.17) is 0 Å². The minimum Gasteiger partial charge on any atom is -0.310 e. The van der Waals surface area contributed by atoms with E-state index >= 15 is 0 Å². The molecule has 0 spiro atoms. The smallest absolute Gasteiger partial charge is 0.123 e. The summed E-state index contributed by atoms with van der Waals surface area (Å²) in [6, 6.07) is 5.85. The second-order valence-corrected chi connectivity index (χ2v) is 5.17. The number of nitrogens with one attached hydrogen (secondary N) is 1. The summed E-state index contributed by atoms with van der Waals surface area (Å²) < 4.78 is 13.2. The lowest BCUT2D eigenvalue weighted by molar-refractivity contribution is 0.604. The van der Waals surface area contributed by atoms with Crippen molar-refractivity contribution >= 4 is 0 Å². The Morgan fingerprint density at radius 3 is 2.69 bits per heavy atom. The molecule has 0 radical (unpaired) electrons. The van der Waals surface area contributed by atoms with E-state index in [-0.39, 0.29) is 5.82 Å². The van der Waals surface area contributed by atoms with Crippen LogP contribution in [0.5, 0.6) is 0 Å². The van der Waals surface area contributed by atoms with Crippen molar-refractivity contribution in [1.29, 1.82) is 0 Å². The van der Waals surface area contributed by atoms with Crippen molar-refractivity contribution in [3.63, 3.8) is 0 Å². The average molecular weight is 221 g/mol. The van der Waals surface area contributed by atoms with Gasteiger partial charge in [0.2, 0.25) is 0 Å². The van der Waals surface area contributed by atoms with Crippen LogP contribution in [0.25, 0.3) is 0 Å². The highest BCUT2D eigenvalue weighted by atomic mass is 19.1.